The van der Waals surface area contributed by atoms with Gasteiger partial charge in [0.15, 0.2) is 5.82 Å². The molecule has 0 radical (unpaired) electrons. The second-order valence-corrected chi connectivity index (χ2v) is 12.3. The number of rotatable bonds is 9. The van der Waals surface area contributed by atoms with Crippen LogP contribution in [0.25, 0.3) is 22.0 Å². The van der Waals surface area contributed by atoms with Gasteiger partial charge in [0.05, 0.1) is 29.1 Å². The number of hydrogen-bond acceptors (Lipinski definition) is 8. The molecule has 4 aromatic rings. The second kappa shape index (κ2) is 12.3. The molecule has 1 fully saturated rings. The quantitative estimate of drug-likeness (QED) is 0.186. The minimum absolute atomic E-state index is 0.0654. The number of hydrogen-bond donors (Lipinski definition) is 3. The molecular formula is C29H30F4N6O3S. The average Bonchev–Trinajstić information content (AvgIpc) is 2.98. The number of nitrogens with two attached hydrogens (primary N) is 1. The van der Waals surface area contributed by atoms with Gasteiger partial charge in [-0.15, -0.1) is 0 Å². The summed E-state index contributed by atoms with van der Waals surface area (Å²) in [5.41, 5.74) is 6.49. The molecule has 228 valence electrons. The Morgan fingerprint density at radius 2 is 1.72 bits per heavy atom. The number of benzene rings is 2. The fraction of sp³-hybridized carbons (Fsp3) is 0.345. The zero-order valence-electron chi connectivity index (χ0n) is 23.2. The van der Waals surface area contributed by atoms with Crippen LogP contribution < -0.4 is 20.5 Å². The molecule has 1 aliphatic rings. The van der Waals surface area contributed by atoms with E-state index in [-0.39, 0.29) is 34.7 Å². The van der Waals surface area contributed by atoms with Crippen molar-refractivity contribution in [2.45, 2.75) is 57.3 Å². The predicted octanol–water partition coefficient (Wildman–Crippen LogP) is 6.31. The first-order chi connectivity index (χ1) is 20.4. The first-order valence-corrected chi connectivity index (χ1v) is 15.3. The monoisotopic (exact) mass is 618 g/mol. The normalized spacial score (nSPS) is 17.5. The molecule has 9 nitrogen and oxygen atoms in total. The Bertz CT molecular complexity index is 1730. The molecule has 0 saturated heterocycles. The number of sulfonamides is 1. The number of aromatic nitrogens is 3. The number of alkyl halides is 3. The zero-order chi connectivity index (χ0) is 30.8. The summed E-state index contributed by atoms with van der Waals surface area (Å²) in [6.07, 6.45) is 0.487. The number of nitrogens with one attached hydrogen (secondary N) is 2. The van der Waals surface area contributed by atoms with E-state index in [0.717, 1.165) is 25.7 Å². The summed E-state index contributed by atoms with van der Waals surface area (Å²) in [5, 5.41) is 3.79. The van der Waals surface area contributed by atoms with Gasteiger partial charge in [-0.05, 0) is 50.8 Å². The number of pyridine rings is 1. The summed E-state index contributed by atoms with van der Waals surface area (Å²) < 4.78 is 86.9. The van der Waals surface area contributed by atoms with Crippen molar-refractivity contribution in [1.82, 2.24) is 15.0 Å². The summed E-state index contributed by atoms with van der Waals surface area (Å²) in [6, 6.07) is 11.8. The van der Waals surface area contributed by atoms with E-state index < -0.39 is 39.9 Å². The Kier molecular flexibility index (Phi) is 8.69. The Morgan fingerprint density at radius 3 is 2.44 bits per heavy atom. The van der Waals surface area contributed by atoms with E-state index in [1.807, 2.05) is 4.72 Å². The van der Waals surface area contributed by atoms with Crippen molar-refractivity contribution in [2.75, 3.05) is 15.8 Å². The summed E-state index contributed by atoms with van der Waals surface area (Å²) in [6.45, 7) is 1.38. The molecule has 0 atom stereocenters. The number of ether oxygens (including phenoxy) is 1. The van der Waals surface area contributed by atoms with Crippen LogP contribution in [-0.2, 0) is 10.0 Å². The molecule has 1 aliphatic carbocycles. The van der Waals surface area contributed by atoms with E-state index in [9.17, 15) is 21.6 Å². The van der Waals surface area contributed by atoms with Crippen LogP contribution in [0.4, 0.5) is 29.2 Å². The highest BCUT2D eigenvalue weighted by Crippen LogP contribution is 2.42. The largest absolute Gasteiger partial charge is 0.437 e. The van der Waals surface area contributed by atoms with Gasteiger partial charge in [0.1, 0.15) is 5.75 Å². The average molecular weight is 619 g/mol. The second-order valence-electron chi connectivity index (χ2n) is 10.5. The highest BCUT2D eigenvalue weighted by Gasteiger charge is 2.31. The lowest BCUT2D eigenvalue weighted by Crippen LogP contribution is -2.33. The molecule has 0 spiro atoms. The van der Waals surface area contributed by atoms with Gasteiger partial charge in [-0.2, -0.15) is 13.2 Å². The van der Waals surface area contributed by atoms with Gasteiger partial charge < -0.3 is 15.8 Å². The Morgan fingerprint density at radius 1 is 1.00 bits per heavy atom. The first-order valence-electron chi connectivity index (χ1n) is 13.7. The molecule has 0 unspecified atom stereocenters. The molecule has 0 aliphatic heterocycles. The van der Waals surface area contributed by atoms with Gasteiger partial charge in [-0.3, -0.25) is 4.72 Å². The third-order valence-corrected chi connectivity index (χ3v) is 8.51. The third-order valence-electron chi connectivity index (χ3n) is 7.25. The lowest BCUT2D eigenvalue weighted by molar-refractivity contribution is -0.129. The van der Waals surface area contributed by atoms with Crippen molar-refractivity contribution in [2.24, 2.45) is 5.73 Å². The van der Waals surface area contributed by atoms with Crippen molar-refractivity contribution in [3.05, 3.63) is 66.2 Å². The highest BCUT2D eigenvalue weighted by molar-refractivity contribution is 7.92. The van der Waals surface area contributed by atoms with Crippen LogP contribution in [0, 0.1) is 12.7 Å². The first kappa shape index (κ1) is 30.4. The SMILES string of the molecule is Cc1c(F)c(NS(=O)(=O)CCC(F)(F)F)c2ccccc2c1Oc1ncccc1-c1ccnc(NC2CCC(N)CC2)n1. The summed E-state index contributed by atoms with van der Waals surface area (Å²) >= 11 is 0. The van der Waals surface area contributed by atoms with E-state index in [2.05, 4.69) is 20.3 Å². The van der Waals surface area contributed by atoms with Crippen LogP contribution in [0.15, 0.2) is 54.9 Å². The van der Waals surface area contributed by atoms with E-state index in [4.69, 9.17) is 10.5 Å². The van der Waals surface area contributed by atoms with Gasteiger partial charge >= 0.3 is 6.18 Å². The molecule has 2 heterocycles. The van der Waals surface area contributed by atoms with Crippen molar-refractivity contribution in [1.29, 1.82) is 0 Å². The van der Waals surface area contributed by atoms with Crippen molar-refractivity contribution < 1.29 is 30.7 Å². The molecule has 1 saturated carbocycles. The fourth-order valence-corrected chi connectivity index (χ4v) is 6.10. The smallest absolute Gasteiger partial charge is 0.390 e. The molecular weight excluding hydrogens is 588 g/mol. The Labute approximate surface area is 246 Å². The van der Waals surface area contributed by atoms with Gasteiger partial charge in [-0.1, -0.05) is 24.3 Å². The van der Waals surface area contributed by atoms with Gasteiger partial charge in [-0.25, -0.2) is 27.8 Å². The summed E-state index contributed by atoms with van der Waals surface area (Å²) in [7, 11) is -4.52. The molecule has 4 N–H and O–H groups in total. The minimum atomic E-state index is -4.69. The maximum absolute atomic E-state index is 15.7. The number of fused-ring (bicyclic) bond motifs is 1. The number of anilines is 2. The molecule has 0 amide bonds. The van der Waals surface area contributed by atoms with Gasteiger partial charge in [0, 0.05) is 40.8 Å². The lowest BCUT2D eigenvalue weighted by atomic mass is 9.92. The Hall–Kier alpha value is -4.04. The minimum Gasteiger partial charge on any atom is -0.437 e. The van der Waals surface area contributed by atoms with Crippen LogP contribution >= 0.6 is 0 Å². The van der Waals surface area contributed by atoms with Crippen molar-refractivity contribution in [3.63, 3.8) is 0 Å². The summed E-state index contributed by atoms with van der Waals surface area (Å²) in [5.74, 6) is -1.62. The molecule has 2 aromatic carbocycles. The standard InChI is InChI=1S/C29H30F4N6O3S/c1-17-24(30)25(39-43(40,41)16-13-29(31,32)33)20-5-2-3-6-21(20)26(17)42-27-22(7-4-14-35-27)23-12-15-36-28(38-23)37-19-10-8-18(34)9-11-19/h2-7,12,14-15,18-19,39H,8-11,13,16,34H2,1H3,(H,36,37,38). The van der Waals surface area contributed by atoms with Gasteiger partial charge in [0.2, 0.25) is 21.9 Å². The van der Waals surface area contributed by atoms with Crippen LogP contribution in [0.1, 0.15) is 37.7 Å². The van der Waals surface area contributed by atoms with E-state index in [0.29, 0.717) is 22.6 Å². The Balaban J connectivity index is 1.47. The maximum Gasteiger partial charge on any atom is 0.390 e. The van der Waals surface area contributed by atoms with Crippen molar-refractivity contribution >= 4 is 32.4 Å². The zero-order valence-corrected chi connectivity index (χ0v) is 24.0. The van der Waals surface area contributed by atoms with Crippen molar-refractivity contribution in [3.8, 4) is 22.9 Å². The van der Waals surface area contributed by atoms with Gasteiger partial charge in [0.25, 0.3) is 0 Å². The summed E-state index contributed by atoms with van der Waals surface area (Å²) in [4.78, 5) is 13.3. The molecule has 0 bridgehead atoms. The van der Waals surface area contributed by atoms with E-state index in [1.165, 1.54) is 19.2 Å². The molecule has 43 heavy (non-hydrogen) atoms. The van der Waals surface area contributed by atoms with Crippen LogP contribution in [0.3, 0.4) is 0 Å². The maximum atomic E-state index is 15.7. The third kappa shape index (κ3) is 7.31. The van der Waals surface area contributed by atoms with E-state index >= 15 is 4.39 Å². The number of halogens is 4. The molecule has 5 rings (SSSR count). The fourth-order valence-electron chi connectivity index (χ4n) is 4.98. The topological polar surface area (TPSA) is 132 Å². The number of nitrogens with zero attached hydrogens (tertiary/aromatic N) is 3. The molecule has 14 heteroatoms. The van der Waals surface area contributed by atoms with Crippen LogP contribution in [0.2, 0.25) is 0 Å². The highest BCUT2D eigenvalue weighted by atomic mass is 32.2. The predicted molar refractivity (Wildman–Crippen MR) is 156 cm³/mol. The van der Waals surface area contributed by atoms with Crippen LogP contribution in [-0.4, -0.2) is 47.4 Å². The molecule has 2 aromatic heterocycles. The van der Waals surface area contributed by atoms with Crippen LogP contribution in [0.5, 0.6) is 11.6 Å². The van der Waals surface area contributed by atoms with E-state index in [1.54, 1.807) is 42.6 Å². The lowest BCUT2D eigenvalue weighted by Gasteiger charge is -2.26.